The summed E-state index contributed by atoms with van der Waals surface area (Å²) in [5.74, 6) is -0.750. The van der Waals surface area contributed by atoms with E-state index >= 15 is 0 Å². The molecule has 0 saturated heterocycles. The van der Waals surface area contributed by atoms with Crippen LogP contribution in [-0.2, 0) is 15.6 Å². The highest BCUT2D eigenvalue weighted by molar-refractivity contribution is 9.10. The van der Waals surface area contributed by atoms with Crippen molar-refractivity contribution in [3.63, 3.8) is 0 Å². The number of nitrogens with two attached hydrogens (primary N) is 1. The average molecular weight is 344 g/mol. The van der Waals surface area contributed by atoms with Crippen molar-refractivity contribution in [3.05, 3.63) is 58.3 Å². The zero-order valence-corrected chi connectivity index (χ0v) is 12.2. The van der Waals surface area contributed by atoms with Gasteiger partial charge in [-0.2, -0.15) is 0 Å². The van der Waals surface area contributed by atoms with Crippen LogP contribution >= 0.6 is 15.9 Å². The Balaban J connectivity index is 2.36. The van der Waals surface area contributed by atoms with Crippen LogP contribution in [0.25, 0.3) is 0 Å². The molecule has 3 nitrogen and oxygen atoms in total. The Morgan fingerprint density at radius 3 is 2.37 bits per heavy atom. The summed E-state index contributed by atoms with van der Waals surface area (Å²) in [5.41, 5.74) is 6.39. The molecule has 0 heterocycles. The molecule has 100 valence electrons. The lowest BCUT2D eigenvalue weighted by atomic mass is 10.2. The predicted octanol–water partition coefficient (Wildman–Crippen LogP) is 3.14. The molecule has 0 atom stereocenters. The summed E-state index contributed by atoms with van der Waals surface area (Å²) >= 11 is 3.06. The Morgan fingerprint density at radius 2 is 1.74 bits per heavy atom. The van der Waals surface area contributed by atoms with Gasteiger partial charge >= 0.3 is 0 Å². The summed E-state index contributed by atoms with van der Waals surface area (Å²) in [7, 11) is -3.52. The highest BCUT2D eigenvalue weighted by atomic mass is 79.9. The van der Waals surface area contributed by atoms with E-state index < -0.39 is 15.7 Å². The molecule has 2 aromatic rings. The van der Waals surface area contributed by atoms with Crippen molar-refractivity contribution in [1.29, 1.82) is 0 Å². The SMILES string of the molecule is Nc1ccc(S(=O)(=O)Cc2cccc(F)c2Br)cc1. The van der Waals surface area contributed by atoms with Gasteiger partial charge in [0, 0.05) is 5.69 Å². The molecule has 0 aliphatic rings. The second-order valence-corrected chi connectivity index (χ2v) is 6.82. The Morgan fingerprint density at radius 1 is 1.11 bits per heavy atom. The number of hydrogen-bond donors (Lipinski definition) is 1. The van der Waals surface area contributed by atoms with Crippen LogP contribution in [0.5, 0.6) is 0 Å². The Labute approximate surface area is 119 Å². The topological polar surface area (TPSA) is 60.2 Å². The maximum Gasteiger partial charge on any atom is 0.182 e. The molecule has 0 aromatic heterocycles. The van der Waals surface area contributed by atoms with Gasteiger partial charge in [0.1, 0.15) is 5.82 Å². The van der Waals surface area contributed by atoms with Crippen LogP contribution in [0.1, 0.15) is 5.56 Å². The van der Waals surface area contributed by atoms with Gasteiger partial charge in [0.05, 0.1) is 15.1 Å². The van der Waals surface area contributed by atoms with Crippen molar-refractivity contribution < 1.29 is 12.8 Å². The van der Waals surface area contributed by atoms with Crippen LogP contribution in [0.4, 0.5) is 10.1 Å². The summed E-state index contributed by atoms with van der Waals surface area (Å²) in [6.07, 6.45) is 0. The van der Waals surface area contributed by atoms with Crippen molar-refractivity contribution in [2.45, 2.75) is 10.6 Å². The van der Waals surface area contributed by atoms with E-state index in [0.29, 0.717) is 11.3 Å². The second kappa shape index (κ2) is 5.30. The van der Waals surface area contributed by atoms with E-state index in [1.165, 1.54) is 36.4 Å². The normalized spacial score (nSPS) is 11.5. The Bertz CT molecular complexity index is 699. The molecule has 2 aromatic carbocycles. The highest BCUT2D eigenvalue weighted by Gasteiger charge is 2.17. The van der Waals surface area contributed by atoms with Crippen molar-refractivity contribution >= 4 is 31.5 Å². The van der Waals surface area contributed by atoms with Crippen molar-refractivity contribution in [1.82, 2.24) is 0 Å². The van der Waals surface area contributed by atoms with E-state index in [1.54, 1.807) is 6.07 Å². The van der Waals surface area contributed by atoms with E-state index in [9.17, 15) is 12.8 Å². The highest BCUT2D eigenvalue weighted by Crippen LogP contribution is 2.25. The van der Waals surface area contributed by atoms with Gasteiger partial charge in [-0.1, -0.05) is 12.1 Å². The molecule has 2 rings (SSSR count). The summed E-state index contributed by atoms with van der Waals surface area (Å²) in [4.78, 5) is 0.165. The first-order chi connectivity index (χ1) is 8.90. The van der Waals surface area contributed by atoms with Gasteiger partial charge in [-0.25, -0.2) is 12.8 Å². The molecular weight excluding hydrogens is 333 g/mol. The summed E-state index contributed by atoms with van der Waals surface area (Å²) in [6.45, 7) is 0. The summed E-state index contributed by atoms with van der Waals surface area (Å²) < 4.78 is 37.9. The van der Waals surface area contributed by atoms with Crippen LogP contribution < -0.4 is 5.73 Å². The zero-order valence-electron chi connectivity index (χ0n) is 9.81. The van der Waals surface area contributed by atoms with Crippen LogP contribution in [0, 0.1) is 5.82 Å². The standard InChI is InChI=1S/C13H11BrFNO2S/c14-13-9(2-1-3-12(13)15)8-19(17,18)11-6-4-10(16)5-7-11/h1-7H,8,16H2. The third kappa shape index (κ3) is 3.13. The van der Waals surface area contributed by atoms with Crippen molar-refractivity contribution in [2.75, 3.05) is 5.73 Å². The minimum Gasteiger partial charge on any atom is -0.399 e. The van der Waals surface area contributed by atoms with E-state index in [4.69, 9.17) is 5.73 Å². The lowest BCUT2D eigenvalue weighted by molar-refractivity contribution is 0.594. The van der Waals surface area contributed by atoms with Crippen LogP contribution in [-0.4, -0.2) is 8.42 Å². The van der Waals surface area contributed by atoms with Gasteiger partial charge in [-0.15, -0.1) is 0 Å². The van der Waals surface area contributed by atoms with Crippen molar-refractivity contribution in [3.8, 4) is 0 Å². The second-order valence-electron chi connectivity index (χ2n) is 4.04. The summed E-state index contributed by atoms with van der Waals surface area (Å²) in [5, 5.41) is 0. The fourth-order valence-corrected chi connectivity index (χ4v) is 3.58. The number of hydrogen-bond acceptors (Lipinski definition) is 3. The monoisotopic (exact) mass is 343 g/mol. The van der Waals surface area contributed by atoms with Crippen LogP contribution in [0.15, 0.2) is 51.8 Å². The lowest BCUT2D eigenvalue weighted by Crippen LogP contribution is -2.06. The number of sulfone groups is 1. The maximum absolute atomic E-state index is 13.4. The molecule has 19 heavy (non-hydrogen) atoms. The van der Waals surface area contributed by atoms with E-state index in [1.807, 2.05) is 0 Å². The number of halogens is 2. The Hall–Kier alpha value is -1.40. The molecule has 0 radical (unpaired) electrons. The lowest BCUT2D eigenvalue weighted by Gasteiger charge is -2.07. The third-order valence-electron chi connectivity index (χ3n) is 2.62. The molecule has 2 N–H and O–H groups in total. The molecule has 0 fully saturated rings. The van der Waals surface area contributed by atoms with Gasteiger partial charge in [-0.05, 0) is 51.8 Å². The van der Waals surface area contributed by atoms with Gasteiger partial charge in [0.2, 0.25) is 0 Å². The van der Waals surface area contributed by atoms with E-state index in [-0.39, 0.29) is 15.1 Å². The minimum absolute atomic E-state index is 0.165. The molecule has 0 aliphatic carbocycles. The number of benzene rings is 2. The van der Waals surface area contributed by atoms with Gasteiger partial charge in [0.15, 0.2) is 9.84 Å². The van der Waals surface area contributed by atoms with Crippen LogP contribution in [0.3, 0.4) is 0 Å². The van der Waals surface area contributed by atoms with E-state index in [2.05, 4.69) is 15.9 Å². The number of nitrogen functional groups attached to an aromatic ring is 1. The predicted molar refractivity (Wildman–Crippen MR) is 75.8 cm³/mol. The molecule has 0 spiro atoms. The van der Waals surface area contributed by atoms with Gasteiger partial charge in [0.25, 0.3) is 0 Å². The van der Waals surface area contributed by atoms with Crippen LogP contribution in [0.2, 0.25) is 0 Å². The zero-order chi connectivity index (χ0) is 14.0. The molecule has 0 bridgehead atoms. The smallest absolute Gasteiger partial charge is 0.182 e. The molecular formula is C13H11BrFNO2S. The number of anilines is 1. The molecule has 6 heteroatoms. The maximum atomic E-state index is 13.4. The summed E-state index contributed by atoms with van der Waals surface area (Å²) in [6, 6.07) is 10.2. The van der Waals surface area contributed by atoms with E-state index in [0.717, 1.165) is 0 Å². The van der Waals surface area contributed by atoms with Gasteiger partial charge < -0.3 is 5.73 Å². The molecule has 0 amide bonds. The quantitative estimate of drug-likeness (QED) is 0.871. The first-order valence-electron chi connectivity index (χ1n) is 5.41. The Kier molecular flexibility index (Phi) is 3.91. The minimum atomic E-state index is -3.52. The molecule has 0 saturated carbocycles. The number of rotatable bonds is 3. The van der Waals surface area contributed by atoms with Crippen molar-refractivity contribution in [2.24, 2.45) is 0 Å². The molecule has 0 unspecified atom stereocenters. The first kappa shape index (κ1) is 14.0. The third-order valence-corrected chi connectivity index (χ3v) is 5.19. The average Bonchev–Trinajstić information content (AvgIpc) is 2.35. The molecule has 0 aliphatic heterocycles. The fraction of sp³-hybridized carbons (Fsp3) is 0.0769. The fourth-order valence-electron chi connectivity index (χ4n) is 1.62. The first-order valence-corrected chi connectivity index (χ1v) is 7.86. The van der Waals surface area contributed by atoms with Gasteiger partial charge in [-0.3, -0.25) is 0 Å². The largest absolute Gasteiger partial charge is 0.399 e.